The van der Waals surface area contributed by atoms with E-state index in [0.717, 1.165) is 13.0 Å². The summed E-state index contributed by atoms with van der Waals surface area (Å²) in [6.07, 6.45) is 16.0. The summed E-state index contributed by atoms with van der Waals surface area (Å²) >= 11 is 0. The van der Waals surface area contributed by atoms with E-state index < -0.39 is 10.1 Å². The monoisotopic (exact) mass is 358 g/mol. The zero-order chi connectivity index (χ0) is 16.7. The molecule has 0 spiro atoms. The predicted molar refractivity (Wildman–Crippen MR) is 95.0 cm³/mol. The zero-order valence-corrected chi connectivity index (χ0v) is 18.5. The summed E-state index contributed by atoms with van der Waals surface area (Å²) in [5.41, 5.74) is 0. The summed E-state index contributed by atoms with van der Waals surface area (Å²) in [4.78, 5) is 1.98. The molecule has 0 aliphatic carbocycles. The summed E-state index contributed by atoms with van der Waals surface area (Å²) in [6.45, 7) is 3.58. The van der Waals surface area contributed by atoms with Gasteiger partial charge in [-0.25, -0.2) is 0 Å². The molecule has 1 N–H and O–H groups in total. The molecule has 0 saturated heterocycles. The van der Waals surface area contributed by atoms with Crippen molar-refractivity contribution in [2.45, 2.75) is 84.0 Å². The Morgan fingerprint density at radius 2 is 1.13 bits per heavy atom. The first-order chi connectivity index (χ1) is 10.5. The first-order valence-electron chi connectivity index (χ1n) is 9.09. The second-order valence-corrected chi connectivity index (χ2v) is 8.05. The van der Waals surface area contributed by atoms with Crippen LogP contribution < -0.4 is 29.6 Å². The van der Waals surface area contributed by atoms with Crippen LogP contribution in [0, 0.1) is 0 Å². The fourth-order valence-corrected chi connectivity index (χ4v) is 3.15. The van der Waals surface area contributed by atoms with Gasteiger partial charge in [0.1, 0.15) is 0 Å². The van der Waals surface area contributed by atoms with E-state index in [4.69, 9.17) is 4.55 Å². The van der Waals surface area contributed by atoms with E-state index >= 15 is 0 Å². The Balaban J connectivity index is 0. The molecule has 0 amide bonds. The number of rotatable bonds is 16. The summed E-state index contributed by atoms with van der Waals surface area (Å²) < 4.78 is 30.0. The smallest absolute Gasteiger partial charge is 0.305 e. The van der Waals surface area contributed by atoms with E-state index in [1.807, 2.05) is 11.9 Å². The van der Waals surface area contributed by atoms with Gasteiger partial charge in [0.05, 0.1) is 5.75 Å². The maximum Gasteiger partial charge on any atom is 1.00 e. The molecular formula is C17H37NNaO3S+. The third kappa shape index (κ3) is 22.9. The second kappa shape index (κ2) is 17.7. The van der Waals surface area contributed by atoms with Crippen molar-refractivity contribution >= 4 is 10.1 Å². The average Bonchev–Trinajstić information content (AvgIpc) is 2.45. The molecule has 0 atom stereocenters. The molecule has 0 saturated carbocycles. The Hall–Kier alpha value is 0.870. The molecule has 0 rings (SSSR count). The number of unbranched alkanes of at least 4 members (excludes halogenated alkanes) is 11. The Kier molecular flexibility index (Phi) is 20.1. The average molecular weight is 359 g/mol. The van der Waals surface area contributed by atoms with E-state index in [0.29, 0.717) is 6.54 Å². The molecule has 0 fully saturated rings. The summed E-state index contributed by atoms with van der Waals surface area (Å²) in [5, 5.41) is 0. The maximum absolute atomic E-state index is 10.6. The molecular weight excluding hydrogens is 321 g/mol. The van der Waals surface area contributed by atoms with Crippen LogP contribution in [0.2, 0.25) is 0 Å². The molecule has 0 radical (unpaired) electrons. The SMILES string of the molecule is CCCCCCCCCCCCCCN(C)CCS(=O)(=O)O.[Na+]. The summed E-state index contributed by atoms with van der Waals surface area (Å²) in [7, 11) is -1.91. The Morgan fingerprint density at radius 3 is 1.52 bits per heavy atom. The van der Waals surface area contributed by atoms with Gasteiger partial charge >= 0.3 is 29.6 Å². The second-order valence-electron chi connectivity index (χ2n) is 6.48. The van der Waals surface area contributed by atoms with E-state index in [-0.39, 0.29) is 35.3 Å². The Morgan fingerprint density at radius 1 is 0.739 bits per heavy atom. The van der Waals surface area contributed by atoms with Crippen molar-refractivity contribution in [3.63, 3.8) is 0 Å². The minimum atomic E-state index is -3.82. The van der Waals surface area contributed by atoms with E-state index in [2.05, 4.69) is 6.92 Å². The van der Waals surface area contributed by atoms with Gasteiger partial charge in [0, 0.05) is 6.54 Å². The van der Waals surface area contributed by atoms with Crippen LogP contribution in [0.15, 0.2) is 0 Å². The molecule has 0 aromatic rings. The van der Waals surface area contributed by atoms with Crippen LogP contribution in [0.1, 0.15) is 84.0 Å². The van der Waals surface area contributed by atoms with Crippen LogP contribution in [-0.4, -0.2) is 43.8 Å². The molecule has 134 valence electrons. The van der Waals surface area contributed by atoms with E-state index in [9.17, 15) is 8.42 Å². The topological polar surface area (TPSA) is 57.6 Å². The van der Waals surface area contributed by atoms with Crippen molar-refractivity contribution in [3.05, 3.63) is 0 Å². The van der Waals surface area contributed by atoms with Gasteiger partial charge in [0.15, 0.2) is 0 Å². The Bertz CT molecular complexity index is 337. The molecule has 0 bridgehead atoms. The van der Waals surface area contributed by atoms with Gasteiger partial charge in [0.2, 0.25) is 0 Å². The van der Waals surface area contributed by atoms with Crippen LogP contribution in [0.4, 0.5) is 0 Å². The minimum Gasteiger partial charge on any atom is -0.305 e. The van der Waals surface area contributed by atoms with E-state index in [1.54, 1.807) is 0 Å². The van der Waals surface area contributed by atoms with Crippen molar-refractivity contribution in [1.29, 1.82) is 0 Å². The fourth-order valence-electron chi connectivity index (χ4n) is 2.61. The van der Waals surface area contributed by atoms with Gasteiger partial charge in [-0.15, -0.1) is 0 Å². The third-order valence-electron chi connectivity index (χ3n) is 4.12. The van der Waals surface area contributed by atoms with Crippen LogP contribution >= 0.6 is 0 Å². The molecule has 0 aliphatic heterocycles. The maximum atomic E-state index is 10.6. The van der Waals surface area contributed by atoms with Crippen molar-refractivity contribution in [2.75, 3.05) is 25.9 Å². The van der Waals surface area contributed by atoms with Gasteiger partial charge in [0.25, 0.3) is 10.1 Å². The van der Waals surface area contributed by atoms with Gasteiger partial charge in [-0.1, -0.05) is 77.6 Å². The van der Waals surface area contributed by atoms with Crippen molar-refractivity contribution < 1.29 is 42.5 Å². The number of hydrogen-bond donors (Lipinski definition) is 1. The molecule has 6 heteroatoms. The molecule has 0 aromatic heterocycles. The van der Waals surface area contributed by atoms with Gasteiger partial charge in [-0.3, -0.25) is 4.55 Å². The normalized spacial score (nSPS) is 11.7. The first kappa shape index (κ1) is 26.1. The molecule has 0 aromatic carbocycles. The third-order valence-corrected chi connectivity index (χ3v) is 4.82. The van der Waals surface area contributed by atoms with Gasteiger partial charge < -0.3 is 4.90 Å². The summed E-state index contributed by atoms with van der Waals surface area (Å²) in [5.74, 6) is -0.165. The fraction of sp³-hybridized carbons (Fsp3) is 1.00. The Labute approximate surface area is 166 Å². The van der Waals surface area contributed by atoms with Crippen molar-refractivity contribution in [3.8, 4) is 0 Å². The predicted octanol–water partition coefficient (Wildman–Crippen LogP) is 1.51. The molecule has 0 heterocycles. The van der Waals surface area contributed by atoms with Crippen molar-refractivity contribution in [2.24, 2.45) is 0 Å². The zero-order valence-electron chi connectivity index (χ0n) is 15.7. The summed E-state index contributed by atoms with van der Waals surface area (Å²) in [6, 6.07) is 0. The molecule has 23 heavy (non-hydrogen) atoms. The largest absolute Gasteiger partial charge is 1.00 e. The van der Waals surface area contributed by atoms with Crippen molar-refractivity contribution in [1.82, 2.24) is 4.90 Å². The number of hydrogen-bond acceptors (Lipinski definition) is 3. The minimum absolute atomic E-state index is 0. The van der Waals surface area contributed by atoms with E-state index in [1.165, 1.54) is 70.6 Å². The number of nitrogens with zero attached hydrogens (tertiary/aromatic N) is 1. The molecule has 4 nitrogen and oxygen atoms in total. The van der Waals surface area contributed by atoms with Crippen LogP contribution in [0.3, 0.4) is 0 Å². The van der Waals surface area contributed by atoms with Crippen LogP contribution in [-0.2, 0) is 10.1 Å². The molecule has 0 aliphatic rings. The standard InChI is InChI=1S/C17H37NO3S.Na/c1-3-4-5-6-7-8-9-10-11-12-13-14-15-18(2)16-17-22(19,20)21;/h3-17H2,1-2H3,(H,19,20,21);/q;+1. The van der Waals surface area contributed by atoms with Gasteiger partial charge in [-0.2, -0.15) is 8.42 Å². The van der Waals surface area contributed by atoms with Gasteiger partial charge in [-0.05, 0) is 20.0 Å². The van der Waals surface area contributed by atoms with Crippen LogP contribution in [0.5, 0.6) is 0 Å². The van der Waals surface area contributed by atoms with Crippen LogP contribution in [0.25, 0.3) is 0 Å². The first-order valence-corrected chi connectivity index (χ1v) is 10.7. The quantitative estimate of drug-likeness (QED) is 0.258. The molecule has 0 unspecified atom stereocenters.